The molecule has 22 heavy (non-hydrogen) atoms. The van der Waals surface area contributed by atoms with E-state index in [1.807, 2.05) is 24.3 Å². The Labute approximate surface area is 130 Å². The summed E-state index contributed by atoms with van der Waals surface area (Å²) in [5.41, 5.74) is 1.17. The third-order valence-corrected chi connectivity index (χ3v) is 3.79. The maximum absolute atomic E-state index is 5.77. The van der Waals surface area contributed by atoms with Gasteiger partial charge >= 0.3 is 0 Å². The Bertz CT molecular complexity index is 585. The number of benzene rings is 1. The first-order chi connectivity index (χ1) is 10.8. The quantitative estimate of drug-likeness (QED) is 0.820. The normalized spacial score (nSPS) is 17.4. The van der Waals surface area contributed by atoms with Gasteiger partial charge in [-0.25, -0.2) is 9.97 Å². The molecule has 1 aromatic carbocycles. The van der Waals surface area contributed by atoms with Crippen LogP contribution < -0.4 is 9.64 Å². The van der Waals surface area contributed by atoms with Crippen LogP contribution in [0.2, 0.25) is 0 Å². The van der Waals surface area contributed by atoms with E-state index in [1.165, 1.54) is 5.56 Å². The molecule has 5 heteroatoms. The fraction of sp³-hybridized carbons (Fsp3) is 0.412. The van der Waals surface area contributed by atoms with Crippen LogP contribution in [0, 0.1) is 0 Å². The highest BCUT2D eigenvalue weighted by molar-refractivity contribution is 5.35. The fourth-order valence-electron chi connectivity index (χ4n) is 2.70. The summed E-state index contributed by atoms with van der Waals surface area (Å²) >= 11 is 0. The molecule has 0 N–H and O–H groups in total. The molecule has 5 nitrogen and oxygen atoms in total. The maximum Gasteiger partial charge on any atom is 0.225 e. The van der Waals surface area contributed by atoms with Crippen molar-refractivity contribution in [1.29, 1.82) is 0 Å². The van der Waals surface area contributed by atoms with Crippen LogP contribution in [0.1, 0.15) is 18.4 Å². The van der Waals surface area contributed by atoms with E-state index < -0.39 is 0 Å². The van der Waals surface area contributed by atoms with Crippen molar-refractivity contribution in [3.8, 4) is 5.75 Å². The summed E-state index contributed by atoms with van der Waals surface area (Å²) in [5.74, 6) is 1.60. The average Bonchev–Trinajstić information content (AvgIpc) is 3.08. The summed E-state index contributed by atoms with van der Waals surface area (Å²) in [6.07, 6.45) is 6.04. The first-order valence-corrected chi connectivity index (χ1v) is 7.61. The van der Waals surface area contributed by atoms with Gasteiger partial charge in [-0.05, 0) is 36.6 Å². The van der Waals surface area contributed by atoms with Crippen LogP contribution in [0.3, 0.4) is 0 Å². The van der Waals surface area contributed by atoms with E-state index in [4.69, 9.17) is 9.47 Å². The number of aromatic nitrogens is 2. The minimum Gasteiger partial charge on any atom is -0.497 e. The van der Waals surface area contributed by atoms with Crippen LogP contribution in [0.4, 0.5) is 5.95 Å². The molecule has 1 saturated heterocycles. The van der Waals surface area contributed by atoms with Gasteiger partial charge in [0.25, 0.3) is 0 Å². The molecular weight excluding hydrogens is 278 g/mol. The van der Waals surface area contributed by atoms with Crippen molar-refractivity contribution in [2.24, 2.45) is 0 Å². The maximum atomic E-state index is 5.77. The summed E-state index contributed by atoms with van der Waals surface area (Å²) in [6.45, 7) is 2.40. The number of ether oxygens (including phenoxy) is 2. The molecule has 1 atom stereocenters. The highest BCUT2D eigenvalue weighted by atomic mass is 16.5. The van der Waals surface area contributed by atoms with E-state index in [2.05, 4.69) is 20.9 Å². The lowest BCUT2D eigenvalue weighted by molar-refractivity contribution is 0.115. The average molecular weight is 299 g/mol. The van der Waals surface area contributed by atoms with Gasteiger partial charge in [-0.1, -0.05) is 12.1 Å². The third-order valence-electron chi connectivity index (χ3n) is 3.79. The summed E-state index contributed by atoms with van der Waals surface area (Å²) in [6, 6.07) is 9.93. The molecule has 2 heterocycles. The number of nitrogens with zero attached hydrogens (tertiary/aromatic N) is 3. The van der Waals surface area contributed by atoms with Crippen molar-refractivity contribution in [1.82, 2.24) is 9.97 Å². The van der Waals surface area contributed by atoms with E-state index in [-0.39, 0.29) is 6.10 Å². The van der Waals surface area contributed by atoms with E-state index in [9.17, 15) is 0 Å². The van der Waals surface area contributed by atoms with Crippen molar-refractivity contribution in [2.45, 2.75) is 25.5 Å². The van der Waals surface area contributed by atoms with E-state index in [0.29, 0.717) is 0 Å². The molecule has 1 aromatic heterocycles. The van der Waals surface area contributed by atoms with Crippen molar-refractivity contribution in [2.75, 3.05) is 25.2 Å². The van der Waals surface area contributed by atoms with Gasteiger partial charge < -0.3 is 14.4 Å². The van der Waals surface area contributed by atoms with Crippen molar-refractivity contribution in [3.63, 3.8) is 0 Å². The Morgan fingerprint density at radius 1 is 1.27 bits per heavy atom. The molecule has 1 unspecified atom stereocenters. The minimum atomic E-state index is 0.259. The number of hydrogen-bond acceptors (Lipinski definition) is 5. The van der Waals surface area contributed by atoms with Crippen molar-refractivity contribution < 1.29 is 9.47 Å². The summed E-state index contributed by atoms with van der Waals surface area (Å²) < 4.78 is 11.1. The van der Waals surface area contributed by atoms with E-state index in [1.54, 1.807) is 19.5 Å². The number of hydrogen-bond donors (Lipinski definition) is 0. The summed E-state index contributed by atoms with van der Waals surface area (Å²) in [7, 11) is 1.68. The van der Waals surface area contributed by atoms with Crippen LogP contribution in [-0.2, 0) is 11.3 Å². The Morgan fingerprint density at radius 3 is 2.86 bits per heavy atom. The predicted molar refractivity (Wildman–Crippen MR) is 85.1 cm³/mol. The van der Waals surface area contributed by atoms with Crippen LogP contribution in [0.15, 0.2) is 42.7 Å². The van der Waals surface area contributed by atoms with Crippen molar-refractivity contribution in [3.05, 3.63) is 48.3 Å². The third kappa shape index (κ3) is 3.74. The van der Waals surface area contributed by atoms with E-state index >= 15 is 0 Å². The molecule has 2 aromatic rings. The Balaban J connectivity index is 1.77. The molecule has 1 aliphatic rings. The zero-order chi connectivity index (χ0) is 15.2. The lowest BCUT2D eigenvalue weighted by Gasteiger charge is -2.25. The van der Waals surface area contributed by atoms with Gasteiger partial charge in [0.05, 0.1) is 13.2 Å². The Morgan fingerprint density at radius 2 is 2.14 bits per heavy atom. The minimum absolute atomic E-state index is 0.259. The van der Waals surface area contributed by atoms with Crippen LogP contribution in [0.5, 0.6) is 5.75 Å². The predicted octanol–water partition coefficient (Wildman–Crippen LogP) is 2.67. The zero-order valence-corrected chi connectivity index (χ0v) is 12.8. The van der Waals surface area contributed by atoms with Gasteiger partial charge in [0.1, 0.15) is 5.75 Å². The number of methoxy groups -OCH3 is 1. The molecule has 0 bridgehead atoms. The standard InChI is InChI=1S/C17H21N3O2/c1-21-15-6-2-5-14(11-15)12-20(13-16-7-3-10-22-16)17-18-8-4-9-19-17/h2,4-6,8-9,11,16H,3,7,10,12-13H2,1H3. The van der Waals surface area contributed by atoms with E-state index in [0.717, 1.165) is 44.2 Å². The topological polar surface area (TPSA) is 47.5 Å². The number of anilines is 1. The van der Waals surface area contributed by atoms with Gasteiger partial charge in [0, 0.05) is 32.1 Å². The monoisotopic (exact) mass is 299 g/mol. The summed E-state index contributed by atoms with van der Waals surface area (Å²) in [4.78, 5) is 10.9. The van der Waals surface area contributed by atoms with Crippen LogP contribution in [-0.4, -0.2) is 36.3 Å². The highest BCUT2D eigenvalue weighted by Gasteiger charge is 2.21. The molecule has 1 fully saturated rings. The second-order valence-electron chi connectivity index (χ2n) is 5.42. The molecule has 0 spiro atoms. The lowest BCUT2D eigenvalue weighted by atomic mass is 10.2. The van der Waals surface area contributed by atoms with Crippen molar-refractivity contribution >= 4 is 5.95 Å². The molecular formula is C17H21N3O2. The fourth-order valence-corrected chi connectivity index (χ4v) is 2.70. The first kappa shape index (κ1) is 14.8. The lowest BCUT2D eigenvalue weighted by Crippen LogP contribution is -2.33. The zero-order valence-electron chi connectivity index (χ0n) is 12.8. The SMILES string of the molecule is COc1cccc(CN(CC2CCCO2)c2ncccn2)c1. The van der Waals surface area contributed by atoms with Gasteiger partial charge in [0.2, 0.25) is 5.95 Å². The molecule has 3 rings (SSSR count). The second kappa shape index (κ2) is 7.22. The molecule has 1 aliphatic heterocycles. The van der Waals surface area contributed by atoms with Crippen LogP contribution in [0.25, 0.3) is 0 Å². The van der Waals surface area contributed by atoms with Gasteiger partial charge in [0.15, 0.2) is 0 Å². The summed E-state index contributed by atoms with van der Waals surface area (Å²) in [5, 5.41) is 0. The highest BCUT2D eigenvalue weighted by Crippen LogP contribution is 2.20. The Kier molecular flexibility index (Phi) is 4.85. The van der Waals surface area contributed by atoms with Gasteiger partial charge in [-0.3, -0.25) is 0 Å². The molecule has 116 valence electrons. The first-order valence-electron chi connectivity index (χ1n) is 7.61. The van der Waals surface area contributed by atoms with Gasteiger partial charge in [-0.2, -0.15) is 0 Å². The Hall–Kier alpha value is -2.14. The van der Waals surface area contributed by atoms with Crippen LogP contribution >= 0.6 is 0 Å². The van der Waals surface area contributed by atoms with Gasteiger partial charge in [-0.15, -0.1) is 0 Å². The second-order valence-corrected chi connectivity index (χ2v) is 5.42. The smallest absolute Gasteiger partial charge is 0.225 e. The molecule has 0 amide bonds. The largest absolute Gasteiger partial charge is 0.497 e. The molecule has 0 aliphatic carbocycles. The number of rotatable bonds is 6. The molecule has 0 radical (unpaired) electrons. The molecule has 0 saturated carbocycles.